The Balaban J connectivity index is 1.70. The number of carbonyl (C=O) groups excluding carboxylic acids is 1. The molecule has 3 aromatic rings. The third kappa shape index (κ3) is 5.84. The Kier molecular flexibility index (Phi) is 7.80. The summed E-state index contributed by atoms with van der Waals surface area (Å²) in [7, 11) is 1.79. The summed E-state index contributed by atoms with van der Waals surface area (Å²) in [6.07, 6.45) is 1.10. The van der Waals surface area contributed by atoms with Crippen LogP contribution in [0.3, 0.4) is 0 Å². The van der Waals surface area contributed by atoms with Crippen molar-refractivity contribution in [1.29, 1.82) is 0 Å². The van der Waals surface area contributed by atoms with Gasteiger partial charge in [-0.15, -0.1) is 0 Å². The van der Waals surface area contributed by atoms with Gasteiger partial charge in [-0.1, -0.05) is 18.2 Å². The Hall–Kier alpha value is -3.88. The molecule has 9 heteroatoms. The van der Waals surface area contributed by atoms with Crippen molar-refractivity contribution in [2.24, 2.45) is 0 Å². The van der Waals surface area contributed by atoms with Gasteiger partial charge in [-0.25, -0.2) is 9.37 Å². The van der Waals surface area contributed by atoms with Crippen LogP contribution in [0.4, 0.5) is 33.2 Å². The van der Waals surface area contributed by atoms with Crippen LogP contribution in [-0.4, -0.2) is 47.5 Å². The van der Waals surface area contributed by atoms with Gasteiger partial charge in [0.1, 0.15) is 5.75 Å². The monoisotopic (exact) mass is 438 g/mol. The number of rotatable bonds is 10. The molecule has 0 unspecified atom stereocenters. The summed E-state index contributed by atoms with van der Waals surface area (Å²) in [6.45, 7) is 5.08. The van der Waals surface area contributed by atoms with E-state index >= 15 is 0 Å². The van der Waals surface area contributed by atoms with Crippen molar-refractivity contribution in [1.82, 2.24) is 14.9 Å². The van der Waals surface area contributed by atoms with Gasteiger partial charge < -0.3 is 25.6 Å². The van der Waals surface area contributed by atoms with Crippen LogP contribution in [0, 0.1) is 5.82 Å². The van der Waals surface area contributed by atoms with E-state index in [2.05, 4.69) is 25.9 Å². The van der Waals surface area contributed by atoms with E-state index in [0.717, 1.165) is 11.9 Å². The first-order chi connectivity index (χ1) is 15.5. The lowest BCUT2D eigenvalue weighted by Gasteiger charge is -2.18. The molecule has 32 heavy (non-hydrogen) atoms. The number of likely N-dealkylation sites (N-methyl/N-ethyl adjacent to an activating group) is 1. The zero-order chi connectivity index (χ0) is 22.9. The molecule has 0 aliphatic heterocycles. The van der Waals surface area contributed by atoms with Crippen molar-refractivity contribution in [3.8, 4) is 5.75 Å². The molecule has 1 amide bonds. The van der Waals surface area contributed by atoms with Crippen LogP contribution in [0.25, 0.3) is 0 Å². The number of benzene rings is 2. The van der Waals surface area contributed by atoms with Crippen LogP contribution < -0.4 is 20.7 Å². The summed E-state index contributed by atoms with van der Waals surface area (Å²) in [5, 5.41) is 9.07. The molecular formula is C23H27FN6O2. The first kappa shape index (κ1) is 22.8. The number of aromatic nitrogens is 2. The average Bonchev–Trinajstić information content (AvgIpc) is 2.81. The topological polar surface area (TPSA) is 91.4 Å². The third-order valence-corrected chi connectivity index (χ3v) is 4.76. The lowest BCUT2D eigenvalue weighted by molar-refractivity contribution is -0.132. The number of hydrogen-bond acceptors (Lipinski definition) is 7. The van der Waals surface area contributed by atoms with Crippen LogP contribution in [0.5, 0.6) is 5.75 Å². The van der Waals surface area contributed by atoms with Gasteiger partial charge in [0.25, 0.3) is 5.91 Å². The van der Waals surface area contributed by atoms with Gasteiger partial charge in [0.2, 0.25) is 5.95 Å². The Morgan fingerprint density at radius 3 is 2.53 bits per heavy atom. The molecule has 0 fully saturated rings. The van der Waals surface area contributed by atoms with Gasteiger partial charge in [0.05, 0.1) is 17.6 Å². The third-order valence-electron chi connectivity index (χ3n) is 4.76. The van der Waals surface area contributed by atoms with E-state index < -0.39 is 5.82 Å². The second-order valence-corrected chi connectivity index (χ2v) is 6.82. The maximum Gasteiger partial charge on any atom is 0.260 e. The smallest absolute Gasteiger partial charge is 0.260 e. The minimum atomic E-state index is -0.576. The van der Waals surface area contributed by atoms with E-state index in [1.54, 1.807) is 36.2 Å². The average molecular weight is 439 g/mol. The first-order valence-electron chi connectivity index (χ1n) is 10.4. The Bertz CT molecular complexity index is 1060. The van der Waals surface area contributed by atoms with Crippen molar-refractivity contribution in [3.05, 3.63) is 60.5 Å². The molecule has 1 heterocycles. The van der Waals surface area contributed by atoms with Gasteiger partial charge >= 0.3 is 0 Å². The van der Waals surface area contributed by atoms with Crippen molar-refractivity contribution < 1.29 is 13.9 Å². The summed E-state index contributed by atoms with van der Waals surface area (Å²) >= 11 is 0. The van der Waals surface area contributed by atoms with Gasteiger partial charge in [-0.3, -0.25) is 4.79 Å². The van der Waals surface area contributed by atoms with Gasteiger partial charge in [0, 0.05) is 31.9 Å². The summed E-state index contributed by atoms with van der Waals surface area (Å²) in [6, 6.07) is 14.5. The van der Waals surface area contributed by atoms with Gasteiger partial charge in [-0.2, -0.15) is 4.98 Å². The molecule has 0 atom stereocenters. The lowest BCUT2D eigenvalue weighted by Crippen LogP contribution is -2.34. The predicted octanol–water partition coefficient (Wildman–Crippen LogP) is 4.39. The minimum Gasteiger partial charge on any atom is -0.484 e. The fourth-order valence-electron chi connectivity index (χ4n) is 3.06. The number of carbonyl (C=O) groups is 1. The van der Waals surface area contributed by atoms with Crippen LogP contribution in [0.1, 0.15) is 13.8 Å². The Morgan fingerprint density at radius 1 is 1.06 bits per heavy atom. The van der Waals surface area contributed by atoms with Crippen LogP contribution in [0.2, 0.25) is 0 Å². The number of ether oxygens (including phenoxy) is 1. The summed E-state index contributed by atoms with van der Waals surface area (Å²) < 4.78 is 19.9. The number of halogens is 1. The minimum absolute atomic E-state index is 0.0439. The van der Waals surface area contributed by atoms with E-state index in [1.165, 1.54) is 0 Å². The van der Waals surface area contributed by atoms with Crippen LogP contribution in [0.15, 0.2) is 54.7 Å². The van der Waals surface area contributed by atoms with E-state index in [-0.39, 0.29) is 24.3 Å². The molecule has 0 aliphatic carbocycles. The number of para-hydroxylation sites is 2. The number of hydrogen-bond donors (Lipinski definition) is 3. The Morgan fingerprint density at radius 2 is 1.81 bits per heavy atom. The maximum absolute atomic E-state index is 14.3. The van der Waals surface area contributed by atoms with Crippen molar-refractivity contribution in [2.45, 2.75) is 13.8 Å². The number of amides is 1. The zero-order valence-corrected chi connectivity index (χ0v) is 18.4. The fourth-order valence-corrected chi connectivity index (χ4v) is 3.06. The van der Waals surface area contributed by atoms with Crippen LogP contribution >= 0.6 is 0 Å². The molecule has 168 valence electrons. The molecule has 0 aliphatic rings. The molecule has 0 bridgehead atoms. The van der Waals surface area contributed by atoms with E-state index in [4.69, 9.17) is 4.74 Å². The summed E-state index contributed by atoms with van der Waals surface area (Å²) in [4.78, 5) is 22.1. The first-order valence-corrected chi connectivity index (χ1v) is 10.4. The van der Waals surface area contributed by atoms with Crippen molar-refractivity contribution >= 4 is 34.7 Å². The van der Waals surface area contributed by atoms with Crippen LogP contribution in [-0.2, 0) is 4.79 Å². The molecule has 1 aromatic heterocycles. The van der Waals surface area contributed by atoms with Crippen molar-refractivity contribution in [2.75, 3.05) is 42.7 Å². The highest BCUT2D eigenvalue weighted by Crippen LogP contribution is 2.26. The molecule has 3 rings (SSSR count). The molecule has 0 saturated carbocycles. The maximum atomic E-state index is 14.3. The van der Waals surface area contributed by atoms with E-state index in [1.807, 2.05) is 38.1 Å². The highest BCUT2D eigenvalue weighted by atomic mass is 19.1. The molecule has 0 spiro atoms. The fraction of sp³-hybridized carbons (Fsp3) is 0.261. The molecule has 8 nitrogen and oxygen atoms in total. The van der Waals surface area contributed by atoms with Gasteiger partial charge in [0.15, 0.2) is 18.2 Å². The summed E-state index contributed by atoms with van der Waals surface area (Å²) in [5.74, 6) is 0.134. The van der Waals surface area contributed by atoms with E-state index in [9.17, 15) is 9.18 Å². The summed E-state index contributed by atoms with van der Waals surface area (Å²) in [5.41, 5.74) is 2.14. The number of nitrogens with zero attached hydrogens (tertiary/aromatic N) is 3. The zero-order valence-electron chi connectivity index (χ0n) is 18.4. The van der Waals surface area contributed by atoms with E-state index in [0.29, 0.717) is 30.2 Å². The second-order valence-electron chi connectivity index (χ2n) is 6.82. The van der Waals surface area contributed by atoms with Gasteiger partial charge in [-0.05, 0) is 38.1 Å². The highest BCUT2D eigenvalue weighted by molar-refractivity contribution is 5.77. The van der Waals surface area contributed by atoms with Crippen molar-refractivity contribution in [3.63, 3.8) is 0 Å². The molecule has 0 saturated heterocycles. The largest absolute Gasteiger partial charge is 0.484 e. The highest BCUT2D eigenvalue weighted by Gasteiger charge is 2.12. The lowest BCUT2D eigenvalue weighted by atomic mass is 10.2. The molecular weight excluding hydrogens is 411 g/mol. The molecule has 0 radical (unpaired) electrons. The predicted molar refractivity (Wildman–Crippen MR) is 124 cm³/mol. The standard InChI is InChI=1S/C23H27FN6O2/c1-4-30(5-2)21(31)15-32-17-10-8-9-16(13-17)27-23-26-14-18(24)22(29-23)28-20-12-7-6-11-19(20)25-3/h6-14,25H,4-5,15H2,1-3H3,(H2,26,27,28,29). The normalized spacial score (nSPS) is 10.4. The number of anilines is 5. The SMILES string of the molecule is CCN(CC)C(=O)COc1cccc(Nc2ncc(F)c(Nc3ccccc3NC)n2)c1. The quantitative estimate of drug-likeness (QED) is 0.432. The Labute approximate surface area is 186 Å². The second kappa shape index (κ2) is 10.9. The molecule has 3 N–H and O–H groups in total. The molecule has 2 aromatic carbocycles. The number of nitrogens with one attached hydrogen (secondary N) is 3.